The average molecular weight is 300 g/mol. The van der Waals surface area contributed by atoms with E-state index in [-0.39, 0.29) is 6.23 Å². The Morgan fingerprint density at radius 3 is 2.77 bits per heavy atom. The number of aromatic nitrogens is 2. The van der Waals surface area contributed by atoms with E-state index in [0.717, 1.165) is 35.8 Å². The molecule has 5 heteroatoms. The van der Waals surface area contributed by atoms with Crippen molar-refractivity contribution in [2.24, 2.45) is 0 Å². The fourth-order valence-corrected chi connectivity index (χ4v) is 2.23. The fourth-order valence-electron chi connectivity index (χ4n) is 2.23. The Bertz CT molecular complexity index is 574. The Balaban J connectivity index is 0.000000847. The maximum Gasteiger partial charge on any atom is 0.170 e. The van der Waals surface area contributed by atoms with E-state index in [2.05, 4.69) is 27.5 Å². The lowest BCUT2D eigenvalue weighted by molar-refractivity contribution is 0.240. The molecule has 1 unspecified atom stereocenters. The first-order chi connectivity index (χ1) is 10.9. The van der Waals surface area contributed by atoms with Gasteiger partial charge in [0.25, 0.3) is 0 Å². The molecular formula is C17H24N4O. The predicted molar refractivity (Wildman–Crippen MR) is 90.1 cm³/mol. The van der Waals surface area contributed by atoms with Crippen molar-refractivity contribution in [2.45, 2.75) is 46.4 Å². The summed E-state index contributed by atoms with van der Waals surface area (Å²) in [6.07, 6.45) is 5.66. The molecule has 1 aliphatic rings. The Hall–Kier alpha value is -2.30. The fraction of sp³-hybridized carbons (Fsp3) is 0.412. The van der Waals surface area contributed by atoms with Crippen LogP contribution >= 0.6 is 0 Å². The van der Waals surface area contributed by atoms with Gasteiger partial charge in [-0.1, -0.05) is 33.3 Å². The minimum Gasteiger partial charge on any atom is -0.468 e. The number of nitrogens with one attached hydrogen (secondary N) is 2. The molecule has 5 nitrogen and oxygen atoms in total. The topological polar surface area (TPSA) is 59.1 Å². The molecule has 0 saturated carbocycles. The van der Waals surface area contributed by atoms with Crippen LogP contribution in [0.25, 0.3) is 0 Å². The van der Waals surface area contributed by atoms with Crippen LogP contribution in [-0.4, -0.2) is 16.2 Å². The van der Waals surface area contributed by atoms with Gasteiger partial charge in [-0.2, -0.15) is 0 Å². The molecule has 0 fully saturated rings. The summed E-state index contributed by atoms with van der Waals surface area (Å²) in [6.45, 7) is 6.79. The van der Waals surface area contributed by atoms with Crippen LogP contribution in [0.15, 0.2) is 36.7 Å². The van der Waals surface area contributed by atoms with Gasteiger partial charge in [0.2, 0.25) is 0 Å². The maximum absolute atomic E-state index is 5.83. The second-order valence-corrected chi connectivity index (χ2v) is 4.75. The third kappa shape index (κ3) is 3.87. The second kappa shape index (κ2) is 8.22. The van der Waals surface area contributed by atoms with Crippen molar-refractivity contribution < 1.29 is 4.74 Å². The van der Waals surface area contributed by atoms with E-state index in [1.807, 2.05) is 38.1 Å². The van der Waals surface area contributed by atoms with Gasteiger partial charge in [0.05, 0.1) is 12.2 Å². The Morgan fingerprint density at radius 2 is 2.05 bits per heavy atom. The van der Waals surface area contributed by atoms with E-state index in [1.165, 1.54) is 0 Å². The van der Waals surface area contributed by atoms with Crippen LogP contribution in [-0.2, 0) is 6.54 Å². The first kappa shape index (κ1) is 16.1. The lowest BCUT2D eigenvalue weighted by atomic mass is 10.3. The molecule has 0 spiro atoms. The van der Waals surface area contributed by atoms with E-state index >= 15 is 0 Å². The third-order valence-corrected chi connectivity index (χ3v) is 3.20. The van der Waals surface area contributed by atoms with Gasteiger partial charge in [0, 0.05) is 24.9 Å². The highest BCUT2D eigenvalue weighted by atomic mass is 16.5. The molecule has 3 rings (SSSR count). The summed E-state index contributed by atoms with van der Waals surface area (Å²) in [5.74, 6) is 1.67. The molecule has 0 aromatic carbocycles. The zero-order valence-electron chi connectivity index (χ0n) is 13.5. The first-order valence-electron chi connectivity index (χ1n) is 7.93. The highest BCUT2D eigenvalue weighted by Gasteiger charge is 2.24. The molecule has 2 aromatic rings. The molecule has 1 atom stereocenters. The number of hydrogen-bond donors (Lipinski definition) is 2. The summed E-state index contributed by atoms with van der Waals surface area (Å²) in [6, 6.07) is 7.77. The van der Waals surface area contributed by atoms with Crippen LogP contribution in [0, 0.1) is 0 Å². The minimum absolute atomic E-state index is 0.0506. The van der Waals surface area contributed by atoms with Crippen LogP contribution in [0.5, 0.6) is 5.75 Å². The highest BCUT2D eigenvalue weighted by molar-refractivity contribution is 5.74. The van der Waals surface area contributed by atoms with Crippen molar-refractivity contribution in [3.05, 3.63) is 42.4 Å². The number of rotatable bonds is 5. The monoisotopic (exact) mass is 300 g/mol. The summed E-state index contributed by atoms with van der Waals surface area (Å²) in [5.41, 5.74) is 1.93. The van der Waals surface area contributed by atoms with Gasteiger partial charge in [-0.3, -0.25) is 4.98 Å². The number of hydrogen-bond acceptors (Lipinski definition) is 5. The van der Waals surface area contributed by atoms with Gasteiger partial charge < -0.3 is 15.4 Å². The minimum atomic E-state index is 0.0506. The van der Waals surface area contributed by atoms with Crippen molar-refractivity contribution >= 4 is 11.5 Å². The molecule has 2 aromatic heterocycles. The standard InChI is InChI=1S/C15H18N4O.C2H6/c1-2-5-13-19-14-12(20-13)7-9-17-15(14)18-10-11-6-3-4-8-16-11;1-2/h3-4,6-9,13,19H,2,5,10H2,1H3,(H,17,18);1-2H3. The van der Waals surface area contributed by atoms with Crippen molar-refractivity contribution in [2.75, 3.05) is 10.6 Å². The maximum atomic E-state index is 5.83. The van der Waals surface area contributed by atoms with Crippen LogP contribution < -0.4 is 15.4 Å². The van der Waals surface area contributed by atoms with E-state index < -0.39 is 0 Å². The van der Waals surface area contributed by atoms with Gasteiger partial charge in [-0.25, -0.2) is 4.98 Å². The summed E-state index contributed by atoms with van der Waals surface area (Å²) in [7, 11) is 0. The van der Waals surface area contributed by atoms with E-state index in [4.69, 9.17) is 4.74 Å². The molecule has 0 amide bonds. The van der Waals surface area contributed by atoms with Gasteiger partial charge in [0.1, 0.15) is 5.69 Å². The SMILES string of the molecule is CC.CCCC1Nc2c(ccnc2NCc2ccccn2)O1. The summed E-state index contributed by atoms with van der Waals surface area (Å²) >= 11 is 0. The Labute approximate surface area is 132 Å². The molecule has 0 aliphatic carbocycles. The zero-order valence-corrected chi connectivity index (χ0v) is 13.5. The van der Waals surface area contributed by atoms with Crippen molar-refractivity contribution in [1.29, 1.82) is 0 Å². The van der Waals surface area contributed by atoms with Crippen molar-refractivity contribution in [1.82, 2.24) is 9.97 Å². The van der Waals surface area contributed by atoms with Crippen LogP contribution in [0.2, 0.25) is 0 Å². The molecule has 22 heavy (non-hydrogen) atoms. The first-order valence-corrected chi connectivity index (χ1v) is 7.93. The Kier molecular flexibility index (Phi) is 6.01. The normalized spacial score (nSPS) is 15.0. The van der Waals surface area contributed by atoms with Crippen LogP contribution in [0.1, 0.15) is 39.3 Å². The van der Waals surface area contributed by atoms with Crippen LogP contribution in [0.4, 0.5) is 11.5 Å². The molecule has 3 heterocycles. The lowest BCUT2D eigenvalue weighted by Crippen LogP contribution is -2.19. The molecule has 1 aliphatic heterocycles. The third-order valence-electron chi connectivity index (χ3n) is 3.20. The van der Waals surface area contributed by atoms with E-state index in [9.17, 15) is 0 Å². The lowest BCUT2D eigenvalue weighted by Gasteiger charge is -2.10. The summed E-state index contributed by atoms with van der Waals surface area (Å²) < 4.78 is 5.83. The largest absolute Gasteiger partial charge is 0.468 e. The molecule has 0 radical (unpaired) electrons. The summed E-state index contributed by atoms with van der Waals surface area (Å²) in [4.78, 5) is 8.67. The number of anilines is 2. The predicted octanol–water partition coefficient (Wildman–Crippen LogP) is 4.05. The molecule has 118 valence electrons. The van der Waals surface area contributed by atoms with Crippen LogP contribution in [0.3, 0.4) is 0 Å². The quantitative estimate of drug-likeness (QED) is 0.872. The number of pyridine rings is 2. The average Bonchev–Trinajstić information content (AvgIpc) is 2.99. The van der Waals surface area contributed by atoms with Gasteiger partial charge in [-0.05, 0) is 12.1 Å². The second-order valence-electron chi connectivity index (χ2n) is 4.75. The smallest absolute Gasteiger partial charge is 0.170 e. The van der Waals surface area contributed by atoms with Gasteiger partial charge >= 0.3 is 0 Å². The molecule has 2 N–H and O–H groups in total. The van der Waals surface area contributed by atoms with Gasteiger partial charge in [0.15, 0.2) is 17.8 Å². The zero-order chi connectivity index (χ0) is 15.8. The molecular weight excluding hydrogens is 276 g/mol. The highest BCUT2D eigenvalue weighted by Crippen LogP contribution is 2.37. The molecule has 0 saturated heterocycles. The van der Waals surface area contributed by atoms with Gasteiger partial charge in [-0.15, -0.1) is 0 Å². The summed E-state index contributed by atoms with van der Waals surface area (Å²) in [5, 5.41) is 6.68. The van der Waals surface area contributed by atoms with Crippen molar-refractivity contribution in [3.63, 3.8) is 0 Å². The van der Waals surface area contributed by atoms with E-state index in [0.29, 0.717) is 6.54 Å². The Morgan fingerprint density at radius 1 is 1.18 bits per heavy atom. The number of fused-ring (bicyclic) bond motifs is 1. The molecule has 0 bridgehead atoms. The number of nitrogens with zero attached hydrogens (tertiary/aromatic N) is 2. The number of ether oxygens (including phenoxy) is 1. The van der Waals surface area contributed by atoms with E-state index in [1.54, 1.807) is 12.4 Å². The van der Waals surface area contributed by atoms with Crippen molar-refractivity contribution in [3.8, 4) is 5.75 Å².